The number of sulfone groups is 1. The van der Waals surface area contributed by atoms with Gasteiger partial charge >= 0.3 is 11.7 Å². The van der Waals surface area contributed by atoms with Gasteiger partial charge in [0.2, 0.25) is 0 Å². The van der Waals surface area contributed by atoms with Crippen molar-refractivity contribution in [3.05, 3.63) is 45.1 Å². The molecule has 29 heavy (non-hydrogen) atoms. The number of hydrogen-bond acceptors (Lipinski definition) is 7. The number of H-pyrrole nitrogens is 1. The van der Waals surface area contributed by atoms with Gasteiger partial charge in [0.25, 0.3) is 5.56 Å². The van der Waals surface area contributed by atoms with E-state index in [2.05, 4.69) is 4.98 Å². The molecule has 0 aliphatic carbocycles. The second kappa shape index (κ2) is 8.91. The lowest BCUT2D eigenvalue weighted by atomic mass is 10.2. The number of carbonyl (C=O) groups excluding carboxylic acids is 1. The highest BCUT2D eigenvalue weighted by Crippen LogP contribution is 2.20. The first-order valence-corrected chi connectivity index (χ1v) is 11.1. The predicted octanol–water partition coefficient (Wildman–Crippen LogP) is 0.605. The summed E-state index contributed by atoms with van der Waals surface area (Å²) in [6, 6.07) is 6.68. The topological polar surface area (TPSA) is 125 Å². The van der Waals surface area contributed by atoms with Crippen molar-refractivity contribution in [2.24, 2.45) is 0 Å². The van der Waals surface area contributed by atoms with Gasteiger partial charge in [0.1, 0.15) is 0 Å². The Morgan fingerprint density at radius 1 is 1.28 bits per heavy atom. The number of para-hydroxylation sites is 1. The third-order valence-corrected chi connectivity index (χ3v) is 7.70. The fourth-order valence-electron chi connectivity index (χ4n) is 3.34. The number of nitrogens with zero attached hydrogens (tertiary/aromatic N) is 1. The zero-order chi connectivity index (χ0) is 21.0. The molecular weight excluding hydrogens is 400 g/mol. The summed E-state index contributed by atoms with van der Waals surface area (Å²) in [5, 5.41) is -1.48. The molecule has 158 valence electrons. The summed E-state index contributed by atoms with van der Waals surface area (Å²) < 4.78 is 36.4. The maximum Gasteiger partial charge on any atom is 0.328 e. The van der Waals surface area contributed by atoms with Crippen molar-refractivity contribution in [1.29, 1.82) is 0 Å². The van der Waals surface area contributed by atoms with Crippen molar-refractivity contribution < 1.29 is 22.7 Å². The molecule has 2 heterocycles. The monoisotopic (exact) mass is 424 g/mol. The van der Waals surface area contributed by atoms with Crippen LogP contribution < -0.4 is 11.2 Å². The summed E-state index contributed by atoms with van der Waals surface area (Å²) in [6.07, 6.45) is 0.943. The largest absolute Gasteiger partial charge is 0.465 e. The Morgan fingerprint density at radius 2 is 1.97 bits per heavy atom. The third kappa shape index (κ3) is 4.59. The second-order valence-corrected chi connectivity index (χ2v) is 9.55. The van der Waals surface area contributed by atoms with Gasteiger partial charge in [-0.15, -0.1) is 0 Å². The van der Waals surface area contributed by atoms with E-state index in [0.29, 0.717) is 37.0 Å². The summed E-state index contributed by atoms with van der Waals surface area (Å²) in [5.41, 5.74) is -0.515. The van der Waals surface area contributed by atoms with Crippen molar-refractivity contribution >= 4 is 26.7 Å². The van der Waals surface area contributed by atoms with E-state index in [4.69, 9.17) is 9.47 Å². The van der Waals surface area contributed by atoms with E-state index in [0.717, 1.165) is 4.57 Å². The van der Waals surface area contributed by atoms with Gasteiger partial charge in [-0.05, 0) is 38.3 Å². The van der Waals surface area contributed by atoms with Crippen molar-refractivity contribution in [2.45, 2.75) is 43.2 Å². The Labute approximate surface area is 167 Å². The average molecular weight is 424 g/mol. The fraction of sp³-hybridized carbons (Fsp3) is 0.526. The highest BCUT2D eigenvalue weighted by atomic mass is 32.2. The number of nitrogens with one attached hydrogen (secondary N) is 1. The molecule has 0 radical (unpaired) electrons. The van der Waals surface area contributed by atoms with E-state index in [9.17, 15) is 22.8 Å². The molecule has 1 aromatic heterocycles. The van der Waals surface area contributed by atoms with Gasteiger partial charge in [-0.1, -0.05) is 12.1 Å². The number of benzene rings is 1. The molecule has 2 aromatic rings. The van der Waals surface area contributed by atoms with Gasteiger partial charge in [-0.2, -0.15) is 0 Å². The van der Waals surface area contributed by atoms with Crippen LogP contribution in [0.1, 0.15) is 26.2 Å². The fourth-order valence-corrected chi connectivity index (χ4v) is 5.11. The van der Waals surface area contributed by atoms with Crippen LogP contribution in [0.5, 0.6) is 0 Å². The molecule has 0 unspecified atom stereocenters. The molecule has 1 saturated heterocycles. The Bertz CT molecular complexity index is 1100. The van der Waals surface area contributed by atoms with Crippen LogP contribution in [-0.2, 0) is 30.7 Å². The molecule has 1 aromatic carbocycles. The van der Waals surface area contributed by atoms with E-state index in [-0.39, 0.29) is 19.6 Å². The van der Waals surface area contributed by atoms with E-state index in [1.54, 1.807) is 24.3 Å². The summed E-state index contributed by atoms with van der Waals surface area (Å²) in [4.78, 5) is 39.4. The molecule has 1 aliphatic heterocycles. The maximum atomic E-state index is 12.5. The number of rotatable bonds is 7. The third-order valence-electron chi connectivity index (χ3n) is 5.12. The summed E-state index contributed by atoms with van der Waals surface area (Å²) in [6.45, 7) is 2.01. The first kappa shape index (κ1) is 21.3. The van der Waals surface area contributed by atoms with Gasteiger partial charge < -0.3 is 14.5 Å². The number of ether oxygens (including phenoxy) is 2. The number of hydrogen-bond donors (Lipinski definition) is 1. The lowest BCUT2D eigenvalue weighted by Gasteiger charge is -2.24. The second-order valence-electron chi connectivity index (χ2n) is 7.00. The lowest BCUT2D eigenvalue weighted by molar-refractivity contribution is -0.143. The van der Waals surface area contributed by atoms with Crippen LogP contribution in [-0.4, -0.2) is 54.3 Å². The Kier molecular flexibility index (Phi) is 6.53. The lowest BCUT2D eigenvalue weighted by Crippen LogP contribution is -2.39. The molecule has 1 aliphatic rings. The van der Waals surface area contributed by atoms with Crippen LogP contribution >= 0.6 is 0 Å². The van der Waals surface area contributed by atoms with Gasteiger partial charge in [0.15, 0.2) is 15.1 Å². The number of fused-ring (bicyclic) bond motifs is 1. The van der Waals surface area contributed by atoms with Crippen molar-refractivity contribution in [3.63, 3.8) is 0 Å². The Hall–Kier alpha value is -2.46. The van der Waals surface area contributed by atoms with Crippen molar-refractivity contribution in [1.82, 2.24) is 9.55 Å². The highest BCUT2D eigenvalue weighted by Gasteiger charge is 2.37. The summed E-state index contributed by atoms with van der Waals surface area (Å²) >= 11 is 0. The molecule has 0 spiro atoms. The van der Waals surface area contributed by atoms with E-state index < -0.39 is 37.6 Å². The van der Waals surface area contributed by atoms with Gasteiger partial charge in [-0.3, -0.25) is 14.2 Å². The van der Waals surface area contributed by atoms with Crippen LogP contribution in [0.25, 0.3) is 10.9 Å². The minimum absolute atomic E-state index is 0.0490. The Balaban J connectivity index is 1.58. The van der Waals surface area contributed by atoms with Crippen molar-refractivity contribution in [3.8, 4) is 0 Å². The molecule has 1 N–H and O–H groups in total. The molecular formula is C19H24N2O7S. The van der Waals surface area contributed by atoms with Gasteiger partial charge in [0.05, 0.1) is 22.8 Å². The smallest absolute Gasteiger partial charge is 0.328 e. The average Bonchev–Trinajstić information content (AvgIpc) is 2.73. The molecule has 0 saturated carbocycles. The van der Waals surface area contributed by atoms with Gasteiger partial charge in [-0.25, -0.2) is 13.2 Å². The highest BCUT2D eigenvalue weighted by molar-refractivity contribution is 7.93. The number of aromatic amines is 1. The molecule has 3 rings (SSSR count). The first-order chi connectivity index (χ1) is 13.8. The zero-order valence-electron chi connectivity index (χ0n) is 16.1. The predicted molar refractivity (Wildman–Crippen MR) is 107 cm³/mol. The van der Waals surface area contributed by atoms with Crippen LogP contribution in [0.4, 0.5) is 0 Å². The molecule has 1 atom stereocenters. The van der Waals surface area contributed by atoms with E-state index >= 15 is 0 Å². The molecule has 10 heteroatoms. The molecule has 1 fully saturated rings. The van der Waals surface area contributed by atoms with Crippen LogP contribution in [0.2, 0.25) is 0 Å². The summed E-state index contributed by atoms with van der Waals surface area (Å²) in [7, 11) is -3.65. The quantitative estimate of drug-likeness (QED) is 0.510. The standard InChI is InChI=1S/C19H24N2O7S/c1-13(29(25,26)14-7-11-27-12-8-14)18(23)28-10-4-9-21-17(22)15-5-2-3-6-16(15)20-19(21)24/h2-3,5-6,13-14H,4,7-12H2,1H3,(H,20,24)/t13-/m1/s1. The van der Waals surface area contributed by atoms with Crippen LogP contribution in [0.15, 0.2) is 33.9 Å². The van der Waals surface area contributed by atoms with E-state index in [1.807, 2.05) is 0 Å². The maximum absolute atomic E-state index is 12.5. The normalized spacial score (nSPS) is 16.6. The summed E-state index contributed by atoms with van der Waals surface area (Å²) in [5.74, 6) is -0.823. The zero-order valence-corrected chi connectivity index (χ0v) is 16.9. The van der Waals surface area contributed by atoms with Crippen LogP contribution in [0, 0.1) is 0 Å². The SMILES string of the molecule is C[C@H](C(=O)OCCCn1c(=O)[nH]c2ccccc2c1=O)S(=O)(=O)C1CCOCC1. The minimum Gasteiger partial charge on any atom is -0.465 e. The Morgan fingerprint density at radius 3 is 2.69 bits per heavy atom. The molecule has 0 bridgehead atoms. The van der Waals surface area contributed by atoms with Crippen molar-refractivity contribution in [2.75, 3.05) is 19.8 Å². The molecule has 0 amide bonds. The number of carbonyl (C=O) groups is 1. The first-order valence-electron chi connectivity index (χ1n) is 9.51. The molecule has 9 nitrogen and oxygen atoms in total. The van der Waals surface area contributed by atoms with Crippen LogP contribution in [0.3, 0.4) is 0 Å². The number of esters is 1. The minimum atomic E-state index is -3.65. The number of aromatic nitrogens is 2. The van der Waals surface area contributed by atoms with E-state index in [1.165, 1.54) is 6.92 Å². The van der Waals surface area contributed by atoms with Gasteiger partial charge in [0, 0.05) is 19.8 Å².